The number of aliphatic imine (C=N–C) groups is 1. The number of nitrogens with one attached hydrogen (secondary N) is 2. The highest BCUT2D eigenvalue weighted by molar-refractivity contribution is 5.79. The molecule has 0 atom stereocenters. The van der Waals surface area contributed by atoms with Gasteiger partial charge in [0, 0.05) is 52.5 Å². The van der Waals surface area contributed by atoms with E-state index in [0.717, 1.165) is 57.6 Å². The molecule has 0 saturated carbocycles. The molecule has 0 radical (unpaired) electrons. The van der Waals surface area contributed by atoms with Gasteiger partial charge in [0.15, 0.2) is 5.96 Å². The van der Waals surface area contributed by atoms with Crippen molar-refractivity contribution in [3.63, 3.8) is 0 Å². The normalized spacial score (nSPS) is 15.4. The van der Waals surface area contributed by atoms with Crippen molar-refractivity contribution >= 4 is 11.8 Å². The maximum absolute atomic E-state index is 4.59. The fourth-order valence-electron chi connectivity index (χ4n) is 3.67. The monoisotopic (exact) mass is 394 g/mol. The number of pyridine rings is 1. The molecule has 0 bridgehead atoms. The van der Waals surface area contributed by atoms with Crippen molar-refractivity contribution in [3.8, 4) is 0 Å². The van der Waals surface area contributed by atoms with Gasteiger partial charge in [0.25, 0.3) is 0 Å². The predicted molar refractivity (Wildman–Crippen MR) is 122 cm³/mol. The fourth-order valence-corrected chi connectivity index (χ4v) is 3.67. The molecule has 0 aliphatic carbocycles. The van der Waals surface area contributed by atoms with Gasteiger partial charge < -0.3 is 20.4 Å². The zero-order valence-electron chi connectivity index (χ0n) is 18.2. The molecular weight excluding hydrogens is 360 g/mol. The first kappa shape index (κ1) is 21.1. The van der Waals surface area contributed by atoms with Crippen LogP contribution in [0.2, 0.25) is 0 Å². The standard InChI is InChI=1S/C23H34N6/c1-5-28-10-12-29(13-11-28)22-15-20(8-9-25-22)16-26-23(24-4)27-17-21-7-6-18(2)14-19(21)3/h6-9,14-15H,5,10-13,16-17H2,1-4H3,(H2,24,26,27). The molecule has 0 spiro atoms. The molecule has 156 valence electrons. The van der Waals surface area contributed by atoms with Crippen molar-refractivity contribution in [2.75, 3.05) is 44.7 Å². The SMILES string of the molecule is CCN1CCN(c2cc(CNC(=NC)NCc3ccc(C)cc3C)ccn2)CC1. The highest BCUT2D eigenvalue weighted by atomic mass is 15.3. The van der Waals surface area contributed by atoms with Crippen molar-refractivity contribution < 1.29 is 0 Å². The number of rotatable bonds is 6. The number of aromatic nitrogens is 1. The molecule has 2 heterocycles. The van der Waals surface area contributed by atoms with Crippen LogP contribution in [-0.4, -0.2) is 55.6 Å². The first-order valence-corrected chi connectivity index (χ1v) is 10.5. The lowest BCUT2D eigenvalue weighted by molar-refractivity contribution is 0.270. The zero-order valence-corrected chi connectivity index (χ0v) is 18.2. The van der Waals surface area contributed by atoms with Crippen LogP contribution in [0, 0.1) is 13.8 Å². The summed E-state index contributed by atoms with van der Waals surface area (Å²) >= 11 is 0. The minimum absolute atomic E-state index is 0.719. The van der Waals surface area contributed by atoms with Gasteiger partial charge in [-0.3, -0.25) is 4.99 Å². The topological polar surface area (TPSA) is 55.8 Å². The second-order valence-electron chi connectivity index (χ2n) is 7.65. The number of likely N-dealkylation sites (N-methyl/N-ethyl adjacent to an activating group) is 1. The van der Waals surface area contributed by atoms with Gasteiger partial charge in [0.1, 0.15) is 5.82 Å². The zero-order chi connectivity index (χ0) is 20.6. The molecule has 1 aliphatic rings. The lowest BCUT2D eigenvalue weighted by Gasteiger charge is -2.34. The van der Waals surface area contributed by atoms with E-state index in [1.807, 2.05) is 13.2 Å². The van der Waals surface area contributed by atoms with E-state index < -0.39 is 0 Å². The minimum Gasteiger partial charge on any atom is -0.354 e. The number of guanidine groups is 1. The molecule has 3 rings (SSSR count). The molecule has 6 heteroatoms. The summed E-state index contributed by atoms with van der Waals surface area (Å²) in [4.78, 5) is 13.8. The number of aryl methyl sites for hydroxylation is 2. The summed E-state index contributed by atoms with van der Waals surface area (Å²) in [6, 6.07) is 10.8. The molecule has 1 fully saturated rings. The first-order chi connectivity index (χ1) is 14.1. The van der Waals surface area contributed by atoms with Gasteiger partial charge in [-0.25, -0.2) is 4.98 Å². The third-order valence-electron chi connectivity index (χ3n) is 5.58. The molecule has 1 aromatic heterocycles. The lowest BCUT2D eigenvalue weighted by Crippen LogP contribution is -2.46. The van der Waals surface area contributed by atoms with Crippen LogP contribution in [0.4, 0.5) is 5.82 Å². The highest BCUT2D eigenvalue weighted by Gasteiger charge is 2.16. The number of nitrogens with zero attached hydrogens (tertiary/aromatic N) is 4. The van der Waals surface area contributed by atoms with E-state index in [0.29, 0.717) is 0 Å². The number of hydrogen-bond donors (Lipinski definition) is 2. The van der Waals surface area contributed by atoms with Crippen LogP contribution in [0.5, 0.6) is 0 Å². The summed E-state index contributed by atoms with van der Waals surface area (Å²) in [6.45, 7) is 13.4. The van der Waals surface area contributed by atoms with E-state index in [9.17, 15) is 0 Å². The Morgan fingerprint density at radius 1 is 1.03 bits per heavy atom. The highest BCUT2D eigenvalue weighted by Crippen LogP contribution is 2.15. The van der Waals surface area contributed by atoms with Crippen LogP contribution < -0.4 is 15.5 Å². The second kappa shape index (κ2) is 10.3. The average molecular weight is 395 g/mol. The second-order valence-corrected chi connectivity index (χ2v) is 7.65. The van der Waals surface area contributed by atoms with Gasteiger partial charge >= 0.3 is 0 Å². The fraction of sp³-hybridized carbons (Fsp3) is 0.478. The van der Waals surface area contributed by atoms with Crippen molar-refractivity contribution in [2.24, 2.45) is 4.99 Å². The van der Waals surface area contributed by atoms with Gasteiger partial charge in [0.2, 0.25) is 0 Å². The van der Waals surface area contributed by atoms with Crippen molar-refractivity contribution in [1.29, 1.82) is 0 Å². The minimum atomic E-state index is 0.719. The molecule has 1 aliphatic heterocycles. The Morgan fingerprint density at radius 2 is 1.79 bits per heavy atom. The Balaban J connectivity index is 1.53. The largest absolute Gasteiger partial charge is 0.354 e. The smallest absolute Gasteiger partial charge is 0.191 e. The predicted octanol–water partition coefficient (Wildman–Crippen LogP) is 2.71. The van der Waals surface area contributed by atoms with E-state index in [1.54, 1.807) is 0 Å². The third kappa shape index (κ3) is 5.94. The van der Waals surface area contributed by atoms with Crippen LogP contribution in [-0.2, 0) is 13.1 Å². The molecule has 6 nitrogen and oxygen atoms in total. The molecule has 1 aromatic carbocycles. The Morgan fingerprint density at radius 3 is 2.48 bits per heavy atom. The third-order valence-corrected chi connectivity index (χ3v) is 5.58. The Bertz CT molecular complexity index is 824. The molecular formula is C23H34N6. The summed E-state index contributed by atoms with van der Waals surface area (Å²) in [5.41, 5.74) is 5.09. The number of anilines is 1. The Labute approximate surface area is 175 Å². The van der Waals surface area contributed by atoms with Crippen LogP contribution in [0.1, 0.15) is 29.2 Å². The lowest BCUT2D eigenvalue weighted by atomic mass is 10.1. The van der Waals surface area contributed by atoms with Crippen LogP contribution >= 0.6 is 0 Å². The first-order valence-electron chi connectivity index (χ1n) is 10.5. The van der Waals surface area contributed by atoms with E-state index in [2.05, 4.69) is 81.5 Å². The average Bonchev–Trinajstić information content (AvgIpc) is 2.75. The van der Waals surface area contributed by atoms with Gasteiger partial charge in [0.05, 0.1) is 0 Å². The Kier molecular flexibility index (Phi) is 7.47. The van der Waals surface area contributed by atoms with E-state index >= 15 is 0 Å². The summed E-state index contributed by atoms with van der Waals surface area (Å²) < 4.78 is 0. The maximum Gasteiger partial charge on any atom is 0.191 e. The molecule has 0 amide bonds. The van der Waals surface area contributed by atoms with Crippen molar-refractivity contribution in [3.05, 3.63) is 58.8 Å². The van der Waals surface area contributed by atoms with Crippen molar-refractivity contribution in [2.45, 2.75) is 33.9 Å². The molecule has 1 saturated heterocycles. The van der Waals surface area contributed by atoms with E-state index in [-0.39, 0.29) is 0 Å². The molecule has 2 aromatic rings. The van der Waals surface area contributed by atoms with Gasteiger partial charge in [-0.2, -0.15) is 0 Å². The molecule has 0 unspecified atom stereocenters. The van der Waals surface area contributed by atoms with Crippen LogP contribution in [0.15, 0.2) is 41.5 Å². The maximum atomic E-state index is 4.59. The Hall–Kier alpha value is -2.60. The van der Waals surface area contributed by atoms with Crippen LogP contribution in [0.3, 0.4) is 0 Å². The summed E-state index contributed by atoms with van der Waals surface area (Å²) in [7, 11) is 1.81. The molecule has 2 N–H and O–H groups in total. The van der Waals surface area contributed by atoms with Gasteiger partial charge in [-0.05, 0) is 49.2 Å². The summed E-state index contributed by atoms with van der Waals surface area (Å²) in [5.74, 6) is 1.87. The van der Waals surface area contributed by atoms with Gasteiger partial charge in [-0.15, -0.1) is 0 Å². The van der Waals surface area contributed by atoms with Crippen molar-refractivity contribution in [1.82, 2.24) is 20.5 Å². The van der Waals surface area contributed by atoms with E-state index in [4.69, 9.17) is 0 Å². The van der Waals surface area contributed by atoms with Gasteiger partial charge in [-0.1, -0.05) is 30.7 Å². The number of hydrogen-bond acceptors (Lipinski definition) is 4. The summed E-state index contributed by atoms with van der Waals surface area (Å²) in [5, 5.41) is 6.83. The van der Waals surface area contributed by atoms with Crippen LogP contribution in [0.25, 0.3) is 0 Å². The van der Waals surface area contributed by atoms with E-state index in [1.165, 1.54) is 22.3 Å². The molecule has 29 heavy (non-hydrogen) atoms. The quantitative estimate of drug-likeness (QED) is 0.583. The summed E-state index contributed by atoms with van der Waals surface area (Å²) in [6.07, 6.45) is 1.91. The number of piperazine rings is 1. The number of benzene rings is 1.